The summed E-state index contributed by atoms with van der Waals surface area (Å²) in [6.07, 6.45) is 2.75. The first-order valence-electron chi connectivity index (χ1n) is 8.64. The topological polar surface area (TPSA) is 61.8 Å². The zero-order valence-corrected chi connectivity index (χ0v) is 14.2. The number of β-amino-alcohol motifs (C(OH)–C–C–N with tert-alkyl or cyclic N) is 1. The standard InChI is InChI=1S/C20H24N2O3/c23-18(15-22-10-12-25-13-11-22)14-21-20(24)9-8-17-6-3-5-16-4-1-2-7-19(16)17/h1-9,18,23H,10-15H2,(H,21,24)/b9-8+. The van der Waals surface area contributed by atoms with Crippen molar-refractivity contribution < 1.29 is 14.6 Å². The second kappa shape index (κ2) is 8.76. The molecule has 1 atom stereocenters. The van der Waals surface area contributed by atoms with Crippen molar-refractivity contribution in [3.8, 4) is 0 Å². The SMILES string of the molecule is O=C(/C=C/c1cccc2ccccc12)NCC(O)CN1CCOCC1. The highest BCUT2D eigenvalue weighted by Crippen LogP contribution is 2.19. The monoisotopic (exact) mass is 340 g/mol. The summed E-state index contributed by atoms with van der Waals surface area (Å²) < 4.78 is 5.28. The molecule has 0 aromatic heterocycles. The van der Waals surface area contributed by atoms with Crippen LogP contribution < -0.4 is 5.32 Å². The molecule has 2 N–H and O–H groups in total. The van der Waals surface area contributed by atoms with Crippen molar-refractivity contribution in [2.75, 3.05) is 39.4 Å². The predicted octanol–water partition coefficient (Wildman–Crippen LogP) is 1.66. The van der Waals surface area contributed by atoms with Gasteiger partial charge < -0.3 is 15.2 Å². The Morgan fingerprint density at radius 1 is 1.20 bits per heavy atom. The third-order valence-corrected chi connectivity index (χ3v) is 4.32. The zero-order chi connectivity index (χ0) is 17.5. The maximum absolute atomic E-state index is 12.0. The number of amides is 1. The van der Waals surface area contributed by atoms with E-state index in [9.17, 15) is 9.90 Å². The van der Waals surface area contributed by atoms with Crippen molar-refractivity contribution in [1.82, 2.24) is 10.2 Å². The molecule has 132 valence electrons. The summed E-state index contributed by atoms with van der Waals surface area (Å²) in [6.45, 7) is 3.85. The molecule has 2 aromatic carbocycles. The van der Waals surface area contributed by atoms with E-state index >= 15 is 0 Å². The van der Waals surface area contributed by atoms with Crippen molar-refractivity contribution in [1.29, 1.82) is 0 Å². The fourth-order valence-corrected chi connectivity index (χ4v) is 2.98. The molecule has 1 aliphatic rings. The van der Waals surface area contributed by atoms with Gasteiger partial charge >= 0.3 is 0 Å². The van der Waals surface area contributed by atoms with Crippen LogP contribution in [0.5, 0.6) is 0 Å². The number of morpholine rings is 1. The Balaban J connectivity index is 1.50. The maximum Gasteiger partial charge on any atom is 0.244 e. The van der Waals surface area contributed by atoms with Gasteiger partial charge in [0.25, 0.3) is 0 Å². The summed E-state index contributed by atoms with van der Waals surface area (Å²) in [5.74, 6) is -0.200. The fraction of sp³-hybridized carbons (Fsp3) is 0.350. The summed E-state index contributed by atoms with van der Waals surface area (Å²) in [6, 6.07) is 14.1. The van der Waals surface area contributed by atoms with E-state index in [0.29, 0.717) is 19.8 Å². The Bertz CT molecular complexity index is 733. The van der Waals surface area contributed by atoms with E-state index in [4.69, 9.17) is 4.74 Å². The molecule has 1 saturated heterocycles. The van der Waals surface area contributed by atoms with Crippen molar-refractivity contribution in [2.45, 2.75) is 6.10 Å². The van der Waals surface area contributed by atoms with Gasteiger partial charge in [-0.3, -0.25) is 9.69 Å². The first-order valence-corrected chi connectivity index (χ1v) is 8.64. The third-order valence-electron chi connectivity index (χ3n) is 4.32. The number of fused-ring (bicyclic) bond motifs is 1. The van der Waals surface area contributed by atoms with E-state index in [0.717, 1.165) is 29.4 Å². The van der Waals surface area contributed by atoms with Crippen LogP contribution in [-0.4, -0.2) is 61.4 Å². The summed E-state index contributed by atoms with van der Waals surface area (Å²) in [5, 5.41) is 15.1. The molecule has 1 aliphatic heterocycles. The minimum absolute atomic E-state index is 0.200. The summed E-state index contributed by atoms with van der Waals surface area (Å²) >= 11 is 0. The highest BCUT2D eigenvalue weighted by Gasteiger charge is 2.14. The number of aliphatic hydroxyl groups excluding tert-OH is 1. The van der Waals surface area contributed by atoms with Crippen LogP contribution in [0.1, 0.15) is 5.56 Å². The summed E-state index contributed by atoms with van der Waals surface area (Å²) in [4.78, 5) is 14.2. The minimum atomic E-state index is -0.576. The quantitative estimate of drug-likeness (QED) is 0.785. The molecule has 0 radical (unpaired) electrons. The van der Waals surface area contributed by atoms with Gasteiger partial charge in [0.15, 0.2) is 0 Å². The lowest BCUT2D eigenvalue weighted by atomic mass is 10.0. The molecule has 0 saturated carbocycles. The molecular weight excluding hydrogens is 316 g/mol. The van der Waals surface area contributed by atoms with E-state index in [1.165, 1.54) is 6.08 Å². The van der Waals surface area contributed by atoms with Crippen LogP contribution in [0.15, 0.2) is 48.5 Å². The normalized spacial score (nSPS) is 17.0. The molecule has 1 fully saturated rings. The van der Waals surface area contributed by atoms with E-state index < -0.39 is 6.10 Å². The first-order chi connectivity index (χ1) is 12.2. The van der Waals surface area contributed by atoms with Crippen LogP contribution in [0.25, 0.3) is 16.8 Å². The Kier molecular flexibility index (Phi) is 6.17. The van der Waals surface area contributed by atoms with Gasteiger partial charge in [0.1, 0.15) is 0 Å². The molecule has 1 heterocycles. The largest absolute Gasteiger partial charge is 0.390 e. The molecular formula is C20H24N2O3. The number of hydrogen-bond donors (Lipinski definition) is 2. The number of aliphatic hydroxyl groups is 1. The molecule has 0 aliphatic carbocycles. The molecule has 1 unspecified atom stereocenters. The Hall–Kier alpha value is -2.21. The number of rotatable bonds is 6. The lowest BCUT2D eigenvalue weighted by molar-refractivity contribution is -0.117. The van der Waals surface area contributed by atoms with E-state index in [1.807, 2.05) is 36.4 Å². The molecule has 5 heteroatoms. The summed E-state index contributed by atoms with van der Waals surface area (Å²) in [5.41, 5.74) is 1.00. The third kappa shape index (κ3) is 5.13. The fourth-order valence-electron chi connectivity index (χ4n) is 2.98. The Labute approximate surface area is 147 Å². The average molecular weight is 340 g/mol. The van der Waals surface area contributed by atoms with Gasteiger partial charge in [0, 0.05) is 32.3 Å². The molecule has 5 nitrogen and oxygen atoms in total. The van der Waals surface area contributed by atoms with Crippen LogP contribution in [0.4, 0.5) is 0 Å². The van der Waals surface area contributed by atoms with E-state index in [-0.39, 0.29) is 12.5 Å². The van der Waals surface area contributed by atoms with Gasteiger partial charge in [-0.25, -0.2) is 0 Å². The molecule has 2 aromatic rings. The second-order valence-electron chi connectivity index (χ2n) is 6.21. The first kappa shape index (κ1) is 17.6. The van der Waals surface area contributed by atoms with Gasteiger partial charge in [0.05, 0.1) is 19.3 Å². The van der Waals surface area contributed by atoms with Gasteiger partial charge in [0.2, 0.25) is 5.91 Å². The van der Waals surface area contributed by atoms with Gasteiger partial charge in [-0.15, -0.1) is 0 Å². The van der Waals surface area contributed by atoms with Crippen molar-refractivity contribution in [3.63, 3.8) is 0 Å². The number of hydrogen-bond acceptors (Lipinski definition) is 4. The number of benzene rings is 2. The van der Waals surface area contributed by atoms with E-state index in [1.54, 1.807) is 0 Å². The Morgan fingerprint density at radius 3 is 2.80 bits per heavy atom. The number of ether oxygens (including phenoxy) is 1. The second-order valence-corrected chi connectivity index (χ2v) is 6.21. The molecule has 3 rings (SSSR count). The maximum atomic E-state index is 12.0. The highest BCUT2D eigenvalue weighted by atomic mass is 16.5. The van der Waals surface area contributed by atoms with Gasteiger partial charge in [-0.05, 0) is 22.4 Å². The van der Waals surface area contributed by atoms with Crippen LogP contribution in [0, 0.1) is 0 Å². The predicted molar refractivity (Wildman–Crippen MR) is 99.3 cm³/mol. The lowest BCUT2D eigenvalue weighted by Crippen LogP contribution is -2.44. The van der Waals surface area contributed by atoms with Crippen molar-refractivity contribution in [2.24, 2.45) is 0 Å². The van der Waals surface area contributed by atoms with Gasteiger partial charge in [-0.1, -0.05) is 42.5 Å². The zero-order valence-electron chi connectivity index (χ0n) is 14.2. The minimum Gasteiger partial charge on any atom is -0.390 e. The van der Waals surface area contributed by atoms with Crippen molar-refractivity contribution in [3.05, 3.63) is 54.1 Å². The number of carbonyl (C=O) groups excluding carboxylic acids is 1. The lowest BCUT2D eigenvalue weighted by Gasteiger charge is -2.28. The number of carbonyl (C=O) groups is 1. The highest BCUT2D eigenvalue weighted by molar-refractivity contribution is 5.96. The average Bonchev–Trinajstić information content (AvgIpc) is 2.65. The number of nitrogens with one attached hydrogen (secondary N) is 1. The van der Waals surface area contributed by atoms with E-state index in [2.05, 4.69) is 22.3 Å². The van der Waals surface area contributed by atoms with Gasteiger partial charge in [-0.2, -0.15) is 0 Å². The van der Waals surface area contributed by atoms with Crippen LogP contribution >= 0.6 is 0 Å². The van der Waals surface area contributed by atoms with Crippen LogP contribution in [0.3, 0.4) is 0 Å². The molecule has 0 bridgehead atoms. The van der Waals surface area contributed by atoms with Crippen LogP contribution in [0.2, 0.25) is 0 Å². The van der Waals surface area contributed by atoms with Crippen LogP contribution in [-0.2, 0) is 9.53 Å². The van der Waals surface area contributed by atoms with Crippen molar-refractivity contribution >= 4 is 22.8 Å². The number of nitrogens with zero attached hydrogens (tertiary/aromatic N) is 1. The summed E-state index contributed by atoms with van der Waals surface area (Å²) in [7, 11) is 0. The molecule has 25 heavy (non-hydrogen) atoms. The molecule has 0 spiro atoms. The smallest absolute Gasteiger partial charge is 0.244 e. The molecule has 1 amide bonds. The Morgan fingerprint density at radius 2 is 1.96 bits per heavy atom.